The Kier molecular flexibility index (Phi) is 3.54. The molecule has 0 radical (unpaired) electrons. The summed E-state index contributed by atoms with van der Waals surface area (Å²) in [5, 5.41) is 22.0. The molecule has 1 aromatic carbocycles. The molecule has 17 heavy (non-hydrogen) atoms. The molecule has 0 aliphatic carbocycles. The van der Waals surface area contributed by atoms with Gasteiger partial charge in [-0.25, -0.2) is 0 Å². The highest BCUT2D eigenvalue weighted by Gasteiger charge is 2.24. The first-order valence-corrected chi connectivity index (χ1v) is 5.94. The van der Waals surface area contributed by atoms with Crippen molar-refractivity contribution in [1.82, 2.24) is 5.32 Å². The minimum atomic E-state index is -0.313. The molecule has 1 aliphatic heterocycles. The summed E-state index contributed by atoms with van der Waals surface area (Å²) in [6.07, 6.45) is 1.55. The van der Waals surface area contributed by atoms with Crippen molar-refractivity contribution < 1.29 is 15.0 Å². The molecular weight excluding hydrogens is 242 g/mol. The van der Waals surface area contributed by atoms with Crippen LogP contribution in [0.1, 0.15) is 23.2 Å². The minimum Gasteiger partial charge on any atom is -0.504 e. The highest BCUT2D eigenvalue weighted by atomic mass is 35.5. The van der Waals surface area contributed by atoms with Crippen molar-refractivity contribution in [2.45, 2.75) is 12.8 Å². The SMILES string of the molecule is O=C(c1cc(O)c(O)cc1Cl)C1CCNCC1. The Bertz CT molecular complexity index is 442. The number of piperidine rings is 1. The van der Waals surface area contributed by atoms with Crippen molar-refractivity contribution in [2.75, 3.05) is 13.1 Å². The van der Waals surface area contributed by atoms with Crippen LogP contribution in [0.4, 0.5) is 0 Å². The number of hydrogen-bond donors (Lipinski definition) is 3. The Morgan fingerprint density at radius 1 is 1.24 bits per heavy atom. The summed E-state index contributed by atoms with van der Waals surface area (Å²) in [7, 11) is 0. The largest absolute Gasteiger partial charge is 0.504 e. The smallest absolute Gasteiger partial charge is 0.167 e. The molecule has 3 N–H and O–H groups in total. The number of ketones is 1. The minimum absolute atomic E-state index is 0.0577. The quantitative estimate of drug-likeness (QED) is 0.558. The zero-order chi connectivity index (χ0) is 12.4. The van der Waals surface area contributed by atoms with Crippen molar-refractivity contribution in [3.8, 4) is 11.5 Å². The van der Waals surface area contributed by atoms with Gasteiger partial charge in [0.05, 0.1) is 5.02 Å². The van der Waals surface area contributed by atoms with E-state index in [4.69, 9.17) is 11.6 Å². The van der Waals surface area contributed by atoms with E-state index >= 15 is 0 Å². The average Bonchev–Trinajstić information content (AvgIpc) is 2.34. The predicted octanol–water partition coefficient (Wildman–Crippen LogP) is 1.93. The molecule has 4 nitrogen and oxygen atoms in total. The number of rotatable bonds is 2. The summed E-state index contributed by atoms with van der Waals surface area (Å²) in [6, 6.07) is 2.44. The maximum absolute atomic E-state index is 12.2. The van der Waals surface area contributed by atoms with E-state index in [-0.39, 0.29) is 33.8 Å². The number of nitrogens with one attached hydrogen (secondary N) is 1. The van der Waals surface area contributed by atoms with Gasteiger partial charge in [-0.15, -0.1) is 0 Å². The first-order valence-electron chi connectivity index (χ1n) is 5.56. The number of carbonyl (C=O) groups is 1. The molecule has 0 atom stereocenters. The Balaban J connectivity index is 2.26. The Hall–Kier alpha value is -1.26. The van der Waals surface area contributed by atoms with Gasteiger partial charge in [0.25, 0.3) is 0 Å². The van der Waals surface area contributed by atoms with E-state index in [1.165, 1.54) is 12.1 Å². The fourth-order valence-corrected chi connectivity index (χ4v) is 2.30. The molecular formula is C12H14ClNO3. The second-order valence-corrected chi connectivity index (χ2v) is 4.62. The molecule has 2 rings (SSSR count). The van der Waals surface area contributed by atoms with Crippen molar-refractivity contribution in [3.05, 3.63) is 22.7 Å². The number of halogens is 1. The maximum Gasteiger partial charge on any atom is 0.167 e. The van der Waals surface area contributed by atoms with Gasteiger partial charge in [0.1, 0.15) is 0 Å². The molecule has 1 aromatic rings. The number of Topliss-reactive ketones (excluding diaryl/α,β-unsaturated/α-hetero) is 1. The van der Waals surface area contributed by atoms with Gasteiger partial charge < -0.3 is 15.5 Å². The van der Waals surface area contributed by atoms with E-state index in [2.05, 4.69) is 5.32 Å². The number of phenolic OH excluding ortho intramolecular Hbond substituents is 2. The first kappa shape index (κ1) is 12.2. The maximum atomic E-state index is 12.2. The molecule has 1 saturated heterocycles. The molecule has 1 heterocycles. The summed E-state index contributed by atoms with van der Waals surface area (Å²) in [5.41, 5.74) is 0.286. The molecule has 1 fully saturated rings. The summed E-state index contributed by atoms with van der Waals surface area (Å²) >= 11 is 5.91. The second-order valence-electron chi connectivity index (χ2n) is 4.21. The van der Waals surface area contributed by atoms with Gasteiger partial charge >= 0.3 is 0 Å². The fourth-order valence-electron chi connectivity index (χ4n) is 2.04. The van der Waals surface area contributed by atoms with Crippen LogP contribution in [0.15, 0.2) is 12.1 Å². The lowest BCUT2D eigenvalue weighted by molar-refractivity contribution is 0.0895. The zero-order valence-electron chi connectivity index (χ0n) is 9.24. The predicted molar refractivity (Wildman–Crippen MR) is 64.7 cm³/mol. The number of phenols is 2. The topological polar surface area (TPSA) is 69.6 Å². The molecule has 0 bridgehead atoms. The van der Waals surface area contributed by atoms with Crippen LogP contribution >= 0.6 is 11.6 Å². The molecule has 5 heteroatoms. The van der Waals surface area contributed by atoms with Crippen molar-refractivity contribution in [1.29, 1.82) is 0 Å². The molecule has 1 aliphatic rings. The molecule has 0 aromatic heterocycles. The van der Waals surface area contributed by atoms with Crippen LogP contribution in [0.3, 0.4) is 0 Å². The first-order chi connectivity index (χ1) is 8.09. The standard InChI is InChI=1S/C12H14ClNO3/c13-9-6-11(16)10(15)5-8(9)12(17)7-1-3-14-4-2-7/h5-7,14-16H,1-4H2. The lowest BCUT2D eigenvalue weighted by Crippen LogP contribution is -2.32. The Morgan fingerprint density at radius 2 is 1.82 bits per heavy atom. The van der Waals surface area contributed by atoms with Crippen LogP contribution in [-0.2, 0) is 0 Å². The summed E-state index contributed by atoms with van der Waals surface area (Å²) < 4.78 is 0. The van der Waals surface area contributed by atoms with E-state index in [9.17, 15) is 15.0 Å². The van der Waals surface area contributed by atoms with Crippen LogP contribution in [0.2, 0.25) is 5.02 Å². The van der Waals surface area contributed by atoms with Crippen molar-refractivity contribution in [3.63, 3.8) is 0 Å². The average molecular weight is 256 g/mol. The highest BCUT2D eigenvalue weighted by Crippen LogP contribution is 2.33. The second kappa shape index (κ2) is 4.94. The summed E-state index contributed by atoms with van der Waals surface area (Å²) in [4.78, 5) is 12.2. The monoisotopic (exact) mass is 255 g/mol. The third-order valence-electron chi connectivity index (χ3n) is 3.04. The van der Waals surface area contributed by atoms with E-state index in [0.29, 0.717) is 0 Å². The van der Waals surface area contributed by atoms with Crippen molar-refractivity contribution >= 4 is 17.4 Å². The summed E-state index contributed by atoms with van der Waals surface area (Å²) in [6.45, 7) is 1.64. The fraction of sp³-hybridized carbons (Fsp3) is 0.417. The van der Waals surface area contributed by atoms with Gasteiger partial charge in [-0.3, -0.25) is 4.79 Å². The lowest BCUT2D eigenvalue weighted by Gasteiger charge is -2.21. The van der Waals surface area contributed by atoms with Gasteiger partial charge in [-0.2, -0.15) is 0 Å². The van der Waals surface area contributed by atoms with E-state index in [1.807, 2.05) is 0 Å². The van der Waals surface area contributed by atoms with Crippen molar-refractivity contribution in [2.24, 2.45) is 5.92 Å². The molecule has 0 saturated carbocycles. The van der Waals surface area contributed by atoms with Gasteiger partial charge in [0.2, 0.25) is 0 Å². The van der Waals surface area contributed by atoms with Crippen LogP contribution in [-0.4, -0.2) is 29.1 Å². The van der Waals surface area contributed by atoms with Gasteiger partial charge in [-0.05, 0) is 32.0 Å². The van der Waals surface area contributed by atoms with E-state index in [0.717, 1.165) is 25.9 Å². The van der Waals surface area contributed by atoms with Crippen LogP contribution in [0, 0.1) is 5.92 Å². The molecule has 0 spiro atoms. The molecule has 92 valence electrons. The molecule has 0 unspecified atom stereocenters. The zero-order valence-corrected chi connectivity index (χ0v) is 10.00. The number of carbonyl (C=O) groups excluding carboxylic acids is 1. The van der Waals surface area contributed by atoms with Crippen LogP contribution in [0.25, 0.3) is 0 Å². The number of benzene rings is 1. The number of hydrogen-bond acceptors (Lipinski definition) is 4. The van der Waals surface area contributed by atoms with Gasteiger partial charge in [0.15, 0.2) is 17.3 Å². The lowest BCUT2D eigenvalue weighted by atomic mass is 9.89. The Morgan fingerprint density at radius 3 is 2.47 bits per heavy atom. The molecule has 0 amide bonds. The van der Waals surface area contributed by atoms with Crippen LogP contribution in [0.5, 0.6) is 11.5 Å². The third kappa shape index (κ3) is 2.53. The van der Waals surface area contributed by atoms with Crippen LogP contribution < -0.4 is 5.32 Å². The van der Waals surface area contributed by atoms with Gasteiger partial charge in [0, 0.05) is 17.5 Å². The third-order valence-corrected chi connectivity index (χ3v) is 3.35. The number of aromatic hydroxyl groups is 2. The van der Waals surface area contributed by atoms with E-state index in [1.54, 1.807) is 0 Å². The summed E-state index contributed by atoms with van der Waals surface area (Å²) in [5.74, 6) is -0.743. The van der Waals surface area contributed by atoms with Gasteiger partial charge in [-0.1, -0.05) is 11.6 Å². The normalized spacial score (nSPS) is 17.0. The Labute approximate surface area is 104 Å². The highest BCUT2D eigenvalue weighted by molar-refractivity contribution is 6.34. The van der Waals surface area contributed by atoms with E-state index < -0.39 is 0 Å².